The van der Waals surface area contributed by atoms with Crippen LogP contribution < -0.4 is 10.2 Å². The number of aromatic nitrogens is 1. The molecule has 1 saturated heterocycles. The fourth-order valence-electron chi connectivity index (χ4n) is 2.96. The molecule has 0 aliphatic carbocycles. The summed E-state index contributed by atoms with van der Waals surface area (Å²) in [4.78, 5) is 4.19. The monoisotopic (exact) mass is 347 g/mol. The summed E-state index contributed by atoms with van der Waals surface area (Å²) in [6, 6.07) is 17.8. The molecule has 1 aliphatic heterocycles. The molecular weight excluding hydrogens is 325 g/mol. The van der Waals surface area contributed by atoms with Crippen molar-refractivity contribution in [2.45, 2.75) is 38.9 Å². The Balaban J connectivity index is 1.60. The van der Waals surface area contributed by atoms with E-state index < -0.39 is 0 Å². The third-order valence-electron chi connectivity index (χ3n) is 5.22. The predicted molar refractivity (Wildman–Crippen MR) is 104 cm³/mol. The molecule has 3 aromatic rings. The van der Waals surface area contributed by atoms with Gasteiger partial charge in [-0.3, -0.25) is 0 Å². The lowest BCUT2D eigenvalue weighted by Gasteiger charge is -2.32. The van der Waals surface area contributed by atoms with Gasteiger partial charge in [-0.15, -0.1) is 0 Å². The molecule has 0 unspecified atom stereocenters. The van der Waals surface area contributed by atoms with Crippen molar-refractivity contribution in [3.8, 4) is 11.6 Å². The van der Waals surface area contributed by atoms with Crippen LogP contribution in [0.4, 0.5) is 0 Å². The van der Waals surface area contributed by atoms with Gasteiger partial charge < -0.3 is 14.0 Å². The highest BCUT2D eigenvalue weighted by atomic mass is 16.7. The van der Waals surface area contributed by atoms with Crippen molar-refractivity contribution in [3.05, 3.63) is 60.8 Å². The van der Waals surface area contributed by atoms with Gasteiger partial charge in [0.2, 0.25) is 5.88 Å². The summed E-state index contributed by atoms with van der Waals surface area (Å²) in [6.45, 7) is 8.26. The molecule has 5 heteroatoms. The Kier molecular flexibility index (Phi) is 4.01. The van der Waals surface area contributed by atoms with E-state index in [-0.39, 0.29) is 18.3 Å². The van der Waals surface area contributed by atoms with Crippen molar-refractivity contribution in [2.24, 2.45) is 0 Å². The fourth-order valence-corrected chi connectivity index (χ4v) is 2.96. The maximum absolute atomic E-state index is 6.15. The van der Waals surface area contributed by atoms with Crippen LogP contribution in [0.15, 0.2) is 60.8 Å². The van der Waals surface area contributed by atoms with Gasteiger partial charge in [0.25, 0.3) is 0 Å². The number of benzene rings is 2. The summed E-state index contributed by atoms with van der Waals surface area (Å²) in [7, 11) is -0.353. The Labute approximate surface area is 154 Å². The molecule has 1 fully saturated rings. The maximum atomic E-state index is 6.15. The van der Waals surface area contributed by atoms with Gasteiger partial charge in [0.1, 0.15) is 5.75 Å². The fraction of sp³-hybridized carbons (Fsp3) is 0.286. The third-order valence-corrected chi connectivity index (χ3v) is 5.22. The molecule has 0 bridgehead atoms. The molecule has 2 aromatic carbocycles. The summed E-state index contributed by atoms with van der Waals surface area (Å²) in [5.74, 6) is 1.35. The van der Waals surface area contributed by atoms with Crippen LogP contribution in [0, 0.1) is 0 Å². The lowest BCUT2D eigenvalue weighted by Crippen LogP contribution is -2.41. The van der Waals surface area contributed by atoms with E-state index in [2.05, 4.69) is 50.9 Å². The Morgan fingerprint density at radius 1 is 0.846 bits per heavy atom. The Morgan fingerprint density at radius 3 is 2.23 bits per heavy atom. The number of rotatable bonds is 3. The summed E-state index contributed by atoms with van der Waals surface area (Å²) in [5.41, 5.74) is 0.342. The van der Waals surface area contributed by atoms with E-state index in [1.165, 1.54) is 0 Å². The van der Waals surface area contributed by atoms with E-state index in [1.54, 1.807) is 6.20 Å². The molecule has 26 heavy (non-hydrogen) atoms. The summed E-state index contributed by atoms with van der Waals surface area (Å²) in [6.07, 6.45) is 1.72. The molecule has 0 N–H and O–H groups in total. The molecule has 1 aliphatic rings. The molecule has 4 nitrogen and oxygen atoms in total. The zero-order chi connectivity index (χ0) is 18.4. The predicted octanol–water partition coefficient (Wildman–Crippen LogP) is 4.33. The maximum Gasteiger partial charge on any atom is 0.494 e. The van der Waals surface area contributed by atoms with Crippen molar-refractivity contribution in [2.75, 3.05) is 0 Å². The Hall–Kier alpha value is -2.37. The standard InChI is InChI=1S/C21H22BNO3/c1-20(2)21(3,4)26-22(25-20)17-10-8-16-14-18(11-9-15(16)13-17)24-19-7-5-6-12-23-19/h5-14H,1-4H3. The van der Waals surface area contributed by atoms with Gasteiger partial charge in [-0.25, -0.2) is 4.98 Å². The minimum absolute atomic E-state index is 0.340. The SMILES string of the molecule is CC1(C)OB(c2ccc3cc(Oc4ccccn4)ccc3c2)OC1(C)C. The third kappa shape index (κ3) is 3.09. The minimum atomic E-state index is -0.353. The molecule has 132 valence electrons. The molecular formula is C21H22BNO3. The number of nitrogens with zero attached hydrogens (tertiary/aromatic N) is 1. The number of fused-ring (bicyclic) bond motifs is 1. The quantitative estimate of drug-likeness (QED) is 0.662. The highest BCUT2D eigenvalue weighted by Gasteiger charge is 2.51. The summed E-state index contributed by atoms with van der Waals surface area (Å²) in [5, 5.41) is 2.21. The molecule has 0 amide bonds. The topological polar surface area (TPSA) is 40.6 Å². The minimum Gasteiger partial charge on any atom is -0.439 e. The van der Waals surface area contributed by atoms with Crippen LogP contribution >= 0.6 is 0 Å². The number of hydrogen-bond acceptors (Lipinski definition) is 4. The second kappa shape index (κ2) is 6.11. The van der Waals surface area contributed by atoms with E-state index >= 15 is 0 Å². The lowest BCUT2D eigenvalue weighted by molar-refractivity contribution is 0.00578. The zero-order valence-electron chi connectivity index (χ0n) is 15.5. The number of hydrogen-bond donors (Lipinski definition) is 0. The van der Waals surface area contributed by atoms with Gasteiger partial charge in [0, 0.05) is 12.3 Å². The van der Waals surface area contributed by atoms with E-state index in [0.29, 0.717) is 5.88 Å². The van der Waals surface area contributed by atoms with Crippen molar-refractivity contribution in [1.29, 1.82) is 0 Å². The van der Waals surface area contributed by atoms with E-state index in [4.69, 9.17) is 14.0 Å². The average molecular weight is 347 g/mol. The first kappa shape index (κ1) is 17.1. The Morgan fingerprint density at radius 2 is 1.54 bits per heavy atom. The van der Waals surface area contributed by atoms with Crippen molar-refractivity contribution >= 4 is 23.4 Å². The first-order valence-corrected chi connectivity index (χ1v) is 8.82. The summed E-state index contributed by atoms with van der Waals surface area (Å²) >= 11 is 0. The van der Waals surface area contributed by atoms with Gasteiger partial charge in [-0.1, -0.05) is 30.3 Å². The molecule has 0 saturated carbocycles. The van der Waals surface area contributed by atoms with Gasteiger partial charge in [0.05, 0.1) is 11.2 Å². The van der Waals surface area contributed by atoms with Gasteiger partial charge in [-0.05, 0) is 62.1 Å². The van der Waals surface area contributed by atoms with Crippen molar-refractivity contribution in [1.82, 2.24) is 4.98 Å². The molecule has 0 atom stereocenters. The second-order valence-electron chi connectivity index (χ2n) is 7.63. The first-order chi connectivity index (χ1) is 12.3. The van der Waals surface area contributed by atoms with Crippen LogP contribution in [0.1, 0.15) is 27.7 Å². The van der Waals surface area contributed by atoms with Crippen LogP contribution in [-0.4, -0.2) is 23.3 Å². The average Bonchev–Trinajstić information content (AvgIpc) is 2.83. The molecule has 2 heterocycles. The van der Waals surface area contributed by atoms with Crippen LogP contribution in [0.3, 0.4) is 0 Å². The van der Waals surface area contributed by atoms with Crippen LogP contribution in [0.5, 0.6) is 11.6 Å². The lowest BCUT2D eigenvalue weighted by atomic mass is 9.78. The molecule has 0 radical (unpaired) electrons. The van der Waals surface area contributed by atoms with Crippen LogP contribution in [0.2, 0.25) is 0 Å². The highest BCUT2D eigenvalue weighted by Crippen LogP contribution is 2.36. The number of ether oxygens (including phenoxy) is 1. The van der Waals surface area contributed by atoms with Crippen LogP contribution in [0.25, 0.3) is 10.8 Å². The molecule has 1 aromatic heterocycles. The highest BCUT2D eigenvalue weighted by molar-refractivity contribution is 6.62. The second-order valence-corrected chi connectivity index (χ2v) is 7.63. The normalized spacial score (nSPS) is 18.2. The number of pyridine rings is 1. The smallest absolute Gasteiger partial charge is 0.439 e. The van der Waals surface area contributed by atoms with Crippen LogP contribution in [-0.2, 0) is 9.31 Å². The van der Waals surface area contributed by atoms with E-state index in [9.17, 15) is 0 Å². The van der Waals surface area contributed by atoms with E-state index in [1.807, 2.05) is 36.4 Å². The van der Waals surface area contributed by atoms with Gasteiger partial charge >= 0.3 is 7.12 Å². The van der Waals surface area contributed by atoms with Crippen molar-refractivity contribution in [3.63, 3.8) is 0 Å². The summed E-state index contributed by atoms with van der Waals surface area (Å²) < 4.78 is 18.1. The van der Waals surface area contributed by atoms with Crippen molar-refractivity contribution < 1.29 is 14.0 Å². The molecule has 0 spiro atoms. The zero-order valence-corrected chi connectivity index (χ0v) is 15.5. The van der Waals surface area contributed by atoms with Gasteiger partial charge in [-0.2, -0.15) is 0 Å². The van der Waals surface area contributed by atoms with Gasteiger partial charge in [0.15, 0.2) is 0 Å². The first-order valence-electron chi connectivity index (χ1n) is 8.82. The van der Waals surface area contributed by atoms with E-state index in [0.717, 1.165) is 22.0 Å². The molecule has 4 rings (SSSR count). The largest absolute Gasteiger partial charge is 0.494 e. The Bertz CT molecular complexity index is 924.